The van der Waals surface area contributed by atoms with Crippen molar-refractivity contribution in [3.63, 3.8) is 0 Å². The van der Waals surface area contributed by atoms with E-state index < -0.39 is 0 Å². The van der Waals surface area contributed by atoms with E-state index in [-0.39, 0.29) is 29.1 Å². The second-order valence-corrected chi connectivity index (χ2v) is 10.2. The van der Waals surface area contributed by atoms with Crippen LogP contribution in [0.4, 0.5) is 5.82 Å². The van der Waals surface area contributed by atoms with Crippen molar-refractivity contribution in [2.75, 3.05) is 25.6 Å². The molecule has 36 heavy (non-hydrogen) atoms. The lowest BCUT2D eigenvalue weighted by Crippen LogP contribution is -2.61. The Bertz CT molecular complexity index is 1360. The molecule has 3 fully saturated rings. The number of aromatic nitrogens is 2. The van der Waals surface area contributed by atoms with Crippen LogP contribution in [0.3, 0.4) is 0 Å². The fourth-order valence-corrected chi connectivity index (χ4v) is 5.61. The number of carbonyl (C=O) groups is 1. The van der Waals surface area contributed by atoms with E-state index in [4.69, 9.17) is 14.2 Å². The van der Waals surface area contributed by atoms with Crippen molar-refractivity contribution in [3.05, 3.63) is 58.0 Å². The number of amides is 1. The number of fused-ring (bicyclic) bond motifs is 5. The second kappa shape index (κ2) is 8.90. The SMILES string of the molecule is COc1ccc2c(=O)cc(CCC34CCC(NCc5ccc6c(n5)NC(=O)CO6)(CC3)CO4)[nH]c2c1. The van der Waals surface area contributed by atoms with Gasteiger partial charge in [-0.25, -0.2) is 4.98 Å². The van der Waals surface area contributed by atoms with E-state index in [2.05, 4.69) is 20.6 Å². The zero-order chi connectivity index (χ0) is 24.8. The lowest BCUT2D eigenvalue weighted by molar-refractivity contribution is -0.165. The lowest BCUT2D eigenvalue weighted by atomic mass is 9.69. The van der Waals surface area contributed by atoms with Crippen LogP contribution in [-0.4, -0.2) is 47.3 Å². The highest BCUT2D eigenvalue weighted by Gasteiger charge is 2.49. The molecule has 7 rings (SSSR count). The molecule has 3 aliphatic heterocycles. The Morgan fingerprint density at radius 2 is 1.97 bits per heavy atom. The van der Waals surface area contributed by atoms with Crippen molar-refractivity contribution in [2.45, 2.75) is 56.2 Å². The number of pyridine rings is 2. The zero-order valence-corrected chi connectivity index (χ0v) is 20.3. The third kappa shape index (κ3) is 4.33. The average Bonchev–Trinajstić information content (AvgIpc) is 2.91. The monoisotopic (exact) mass is 490 g/mol. The van der Waals surface area contributed by atoms with Crippen molar-refractivity contribution in [2.24, 2.45) is 0 Å². The summed E-state index contributed by atoms with van der Waals surface area (Å²) in [6.45, 7) is 1.28. The molecule has 1 aromatic carbocycles. The van der Waals surface area contributed by atoms with Crippen molar-refractivity contribution < 1.29 is 19.0 Å². The van der Waals surface area contributed by atoms with Gasteiger partial charge in [-0.05, 0) is 62.8 Å². The van der Waals surface area contributed by atoms with Gasteiger partial charge in [0.05, 0.1) is 30.5 Å². The number of ether oxygens (including phenoxy) is 3. The molecule has 3 N–H and O–H groups in total. The van der Waals surface area contributed by atoms with Gasteiger partial charge in [-0.2, -0.15) is 0 Å². The molecule has 188 valence electrons. The largest absolute Gasteiger partial charge is 0.497 e. The summed E-state index contributed by atoms with van der Waals surface area (Å²) in [4.78, 5) is 32.2. The number of methoxy groups -OCH3 is 1. The number of nitrogens with one attached hydrogen (secondary N) is 3. The minimum absolute atomic E-state index is 0.0252. The molecule has 5 heterocycles. The van der Waals surface area contributed by atoms with E-state index in [1.807, 2.05) is 24.3 Å². The third-order valence-corrected chi connectivity index (χ3v) is 7.89. The topological polar surface area (TPSA) is 115 Å². The van der Waals surface area contributed by atoms with Crippen LogP contribution >= 0.6 is 0 Å². The quantitative estimate of drug-likeness (QED) is 0.466. The third-order valence-electron chi connectivity index (χ3n) is 7.89. The molecule has 1 amide bonds. The van der Waals surface area contributed by atoms with E-state index >= 15 is 0 Å². The van der Waals surface area contributed by atoms with E-state index in [1.165, 1.54) is 0 Å². The number of aryl methyl sites for hydroxylation is 1. The van der Waals surface area contributed by atoms with Gasteiger partial charge in [-0.3, -0.25) is 9.59 Å². The summed E-state index contributed by atoms with van der Waals surface area (Å²) in [7, 11) is 1.62. The molecule has 2 aromatic heterocycles. The van der Waals surface area contributed by atoms with Crippen LogP contribution in [-0.2, 0) is 22.5 Å². The first kappa shape index (κ1) is 23.0. The predicted molar refractivity (Wildman–Crippen MR) is 135 cm³/mol. The lowest BCUT2D eigenvalue weighted by Gasteiger charge is -2.53. The van der Waals surface area contributed by atoms with E-state index in [9.17, 15) is 9.59 Å². The van der Waals surface area contributed by atoms with Crippen LogP contribution in [0.15, 0.2) is 41.2 Å². The van der Waals surface area contributed by atoms with Crippen LogP contribution < -0.4 is 25.5 Å². The molecule has 9 heteroatoms. The predicted octanol–water partition coefficient (Wildman–Crippen LogP) is 3.07. The molecule has 0 unspecified atom stereocenters. The molecule has 1 saturated carbocycles. The summed E-state index contributed by atoms with van der Waals surface area (Å²) >= 11 is 0. The Morgan fingerprint density at radius 1 is 1.11 bits per heavy atom. The first-order chi connectivity index (χ1) is 17.4. The number of benzene rings is 1. The number of hydrogen-bond acceptors (Lipinski definition) is 7. The summed E-state index contributed by atoms with van der Waals surface area (Å²) in [5.41, 5.74) is 2.40. The smallest absolute Gasteiger partial charge is 0.263 e. The summed E-state index contributed by atoms with van der Waals surface area (Å²) in [6, 6.07) is 11.0. The van der Waals surface area contributed by atoms with Gasteiger partial charge in [0.2, 0.25) is 0 Å². The minimum Gasteiger partial charge on any atom is -0.497 e. The molecular weight excluding hydrogens is 460 g/mol. The summed E-state index contributed by atoms with van der Waals surface area (Å²) in [5, 5.41) is 7.12. The van der Waals surface area contributed by atoms with Crippen LogP contribution in [0.25, 0.3) is 10.9 Å². The molecule has 4 aliphatic rings. The Hall–Kier alpha value is -3.43. The van der Waals surface area contributed by atoms with Crippen LogP contribution in [0.1, 0.15) is 43.5 Å². The van der Waals surface area contributed by atoms with Crippen molar-refractivity contribution >= 4 is 22.6 Å². The zero-order valence-electron chi connectivity index (χ0n) is 20.3. The molecular formula is C27H30N4O5. The van der Waals surface area contributed by atoms with E-state index in [1.54, 1.807) is 19.2 Å². The van der Waals surface area contributed by atoms with Crippen LogP contribution in [0.2, 0.25) is 0 Å². The number of rotatable bonds is 7. The molecule has 0 atom stereocenters. The van der Waals surface area contributed by atoms with Crippen molar-refractivity contribution in [1.82, 2.24) is 15.3 Å². The summed E-state index contributed by atoms with van der Waals surface area (Å²) in [5.74, 6) is 1.63. The standard InChI is InChI=1S/C27H30N4O5/c1-34-19-3-4-20-21(13-19)29-17(12-22(20)32)6-7-27-10-8-26(9-11-27,16-36-27)28-14-18-2-5-23-25(30-18)31-24(33)15-35-23/h2-5,12-13,28H,6-11,14-16H2,1H3,(H,29,32)(H,30,31,33). The number of hydrogen-bond donors (Lipinski definition) is 3. The first-order valence-corrected chi connectivity index (χ1v) is 12.5. The number of aromatic amines is 1. The van der Waals surface area contributed by atoms with Gasteiger partial charge in [0.15, 0.2) is 23.6 Å². The maximum absolute atomic E-state index is 12.6. The van der Waals surface area contributed by atoms with Gasteiger partial charge in [0.25, 0.3) is 5.91 Å². The van der Waals surface area contributed by atoms with Gasteiger partial charge in [0, 0.05) is 35.3 Å². The van der Waals surface area contributed by atoms with Gasteiger partial charge >= 0.3 is 0 Å². The molecule has 0 spiro atoms. The molecule has 0 radical (unpaired) electrons. The number of nitrogens with zero attached hydrogens (tertiary/aromatic N) is 1. The van der Waals surface area contributed by atoms with Gasteiger partial charge < -0.3 is 29.8 Å². The highest BCUT2D eigenvalue weighted by Crippen LogP contribution is 2.46. The normalized spacial score (nSPS) is 24.8. The molecule has 9 nitrogen and oxygen atoms in total. The van der Waals surface area contributed by atoms with E-state index in [0.717, 1.165) is 61.2 Å². The Balaban J connectivity index is 1.07. The number of carbonyl (C=O) groups excluding carboxylic acids is 1. The molecule has 2 saturated heterocycles. The van der Waals surface area contributed by atoms with Crippen molar-refractivity contribution in [3.8, 4) is 11.5 Å². The number of anilines is 1. The van der Waals surface area contributed by atoms with Crippen LogP contribution in [0, 0.1) is 0 Å². The second-order valence-electron chi connectivity index (χ2n) is 10.2. The molecule has 1 aliphatic carbocycles. The van der Waals surface area contributed by atoms with Gasteiger partial charge in [-0.1, -0.05) is 0 Å². The maximum Gasteiger partial charge on any atom is 0.263 e. The Morgan fingerprint density at radius 3 is 2.75 bits per heavy atom. The average molecular weight is 491 g/mol. The summed E-state index contributed by atoms with van der Waals surface area (Å²) in [6.07, 6.45) is 5.66. The number of H-pyrrole nitrogens is 1. The Kier molecular flexibility index (Phi) is 5.69. The fourth-order valence-electron chi connectivity index (χ4n) is 5.61. The Labute approximate surface area is 208 Å². The minimum atomic E-state index is -0.185. The molecule has 3 aromatic rings. The van der Waals surface area contributed by atoms with E-state index in [0.29, 0.717) is 30.1 Å². The highest BCUT2D eigenvalue weighted by atomic mass is 16.5. The summed E-state index contributed by atoms with van der Waals surface area (Å²) < 4.78 is 17.2. The highest BCUT2D eigenvalue weighted by molar-refractivity contribution is 5.94. The maximum atomic E-state index is 12.6. The van der Waals surface area contributed by atoms with Gasteiger partial charge in [0.1, 0.15) is 5.75 Å². The molecule has 2 bridgehead atoms. The van der Waals surface area contributed by atoms with Gasteiger partial charge in [-0.15, -0.1) is 0 Å². The van der Waals surface area contributed by atoms with Crippen LogP contribution in [0.5, 0.6) is 11.5 Å². The first-order valence-electron chi connectivity index (χ1n) is 12.5. The van der Waals surface area contributed by atoms with Crippen molar-refractivity contribution in [1.29, 1.82) is 0 Å². The fraction of sp³-hybridized carbons (Fsp3) is 0.444.